The van der Waals surface area contributed by atoms with Crippen LogP contribution in [0.15, 0.2) is 0 Å². The second kappa shape index (κ2) is 5.48. The fourth-order valence-corrected chi connectivity index (χ4v) is 2.10. The third kappa shape index (κ3) is 2.85. The van der Waals surface area contributed by atoms with Gasteiger partial charge in [-0.15, -0.1) is 0 Å². The van der Waals surface area contributed by atoms with Crippen molar-refractivity contribution in [2.75, 3.05) is 0 Å². The Balaban J connectivity index is 2.97. The third-order valence-electron chi connectivity index (χ3n) is 3.01. The van der Waals surface area contributed by atoms with Crippen molar-refractivity contribution in [3.05, 3.63) is 17.2 Å². The van der Waals surface area contributed by atoms with E-state index >= 15 is 0 Å². The third-order valence-corrected chi connectivity index (χ3v) is 3.01. The number of nitrogens with zero attached hydrogens (tertiary/aromatic N) is 1. The number of hydrogen-bond acceptors (Lipinski definition) is 2. The summed E-state index contributed by atoms with van der Waals surface area (Å²) in [5.74, 6) is 0.953. The van der Waals surface area contributed by atoms with Gasteiger partial charge in [-0.3, -0.25) is 0 Å². The van der Waals surface area contributed by atoms with E-state index in [1.165, 1.54) is 11.4 Å². The number of aryl methyl sites for hydroxylation is 2. The molecular formula is C13H25N3. The maximum absolute atomic E-state index is 6.29. The van der Waals surface area contributed by atoms with Crippen LogP contribution < -0.4 is 5.73 Å². The summed E-state index contributed by atoms with van der Waals surface area (Å²) < 4.78 is 0. The lowest BCUT2D eigenvalue weighted by molar-refractivity contribution is 0.422. The highest BCUT2D eigenvalue weighted by atomic mass is 15.0. The van der Waals surface area contributed by atoms with Crippen LogP contribution in [-0.4, -0.2) is 9.97 Å². The quantitative estimate of drug-likeness (QED) is 0.779. The number of hydrogen-bond donors (Lipinski definition) is 2. The molecule has 92 valence electrons. The van der Waals surface area contributed by atoms with E-state index in [0.29, 0.717) is 0 Å². The maximum Gasteiger partial charge on any atom is 0.126 e. The highest BCUT2D eigenvalue weighted by Gasteiger charge is 2.24. The molecule has 1 aromatic rings. The molecule has 16 heavy (non-hydrogen) atoms. The lowest BCUT2D eigenvalue weighted by Crippen LogP contribution is -2.34. The largest absolute Gasteiger partial charge is 0.344 e. The minimum absolute atomic E-state index is 0.315. The average Bonchev–Trinajstić information content (AvgIpc) is 2.62. The van der Waals surface area contributed by atoms with Gasteiger partial charge in [0.2, 0.25) is 0 Å². The van der Waals surface area contributed by atoms with E-state index in [4.69, 9.17) is 5.73 Å². The highest BCUT2D eigenvalue weighted by molar-refractivity contribution is 5.19. The number of imidazole rings is 1. The molecular weight excluding hydrogens is 198 g/mol. The Labute approximate surface area is 98.8 Å². The Bertz CT molecular complexity index is 326. The van der Waals surface area contributed by atoms with Crippen LogP contribution in [0.5, 0.6) is 0 Å². The predicted octanol–water partition coefficient (Wildman–Crippen LogP) is 2.90. The van der Waals surface area contributed by atoms with Crippen molar-refractivity contribution in [1.82, 2.24) is 9.97 Å². The van der Waals surface area contributed by atoms with Gasteiger partial charge in [-0.2, -0.15) is 0 Å². The molecule has 0 saturated heterocycles. The summed E-state index contributed by atoms with van der Waals surface area (Å²) in [6.45, 7) is 8.55. The van der Waals surface area contributed by atoms with E-state index in [9.17, 15) is 0 Å². The van der Waals surface area contributed by atoms with E-state index in [0.717, 1.165) is 37.9 Å². The summed E-state index contributed by atoms with van der Waals surface area (Å²) in [4.78, 5) is 8.08. The fraction of sp³-hybridized carbons (Fsp3) is 0.769. The van der Waals surface area contributed by atoms with Crippen LogP contribution in [0.25, 0.3) is 0 Å². The topological polar surface area (TPSA) is 54.7 Å². The average molecular weight is 223 g/mol. The second-order valence-corrected chi connectivity index (χ2v) is 4.78. The van der Waals surface area contributed by atoms with Gasteiger partial charge in [-0.05, 0) is 26.2 Å². The van der Waals surface area contributed by atoms with Crippen LogP contribution in [0.4, 0.5) is 0 Å². The molecule has 0 aliphatic rings. The van der Waals surface area contributed by atoms with Crippen molar-refractivity contribution < 1.29 is 0 Å². The summed E-state index contributed by atoms with van der Waals surface area (Å²) in [5, 5.41) is 0. The standard InChI is InChI=1S/C13H25N3/c1-5-8-11-10(7-3)15-12(16-11)13(4,14)9-6-2/h5-9,14H2,1-4H3,(H,15,16). The van der Waals surface area contributed by atoms with E-state index < -0.39 is 0 Å². The lowest BCUT2D eigenvalue weighted by atomic mass is 9.97. The first-order chi connectivity index (χ1) is 7.55. The molecule has 0 aliphatic carbocycles. The Morgan fingerprint density at radius 3 is 2.44 bits per heavy atom. The molecule has 1 aromatic heterocycles. The smallest absolute Gasteiger partial charge is 0.126 e. The Hall–Kier alpha value is -0.830. The van der Waals surface area contributed by atoms with E-state index in [-0.39, 0.29) is 5.54 Å². The zero-order valence-electron chi connectivity index (χ0n) is 11.1. The van der Waals surface area contributed by atoms with E-state index in [2.05, 4.69) is 37.7 Å². The summed E-state index contributed by atoms with van der Waals surface area (Å²) in [7, 11) is 0. The van der Waals surface area contributed by atoms with Gasteiger partial charge in [-0.25, -0.2) is 4.98 Å². The van der Waals surface area contributed by atoms with Crippen LogP contribution in [0.1, 0.15) is 64.2 Å². The van der Waals surface area contributed by atoms with Gasteiger partial charge >= 0.3 is 0 Å². The molecule has 3 heteroatoms. The number of rotatable bonds is 6. The highest BCUT2D eigenvalue weighted by Crippen LogP contribution is 2.22. The van der Waals surface area contributed by atoms with Gasteiger partial charge in [0.1, 0.15) is 5.82 Å². The van der Waals surface area contributed by atoms with Crippen LogP contribution in [-0.2, 0) is 18.4 Å². The first-order valence-corrected chi connectivity index (χ1v) is 6.42. The molecule has 3 nitrogen and oxygen atoms in total. The summed E-state index contributed by atoms with van der Waals surface area (Å²) in [6.07, 6.45) is 5.24. The second-order valence-electron chi connectivity index (χ2n) is 4.78. The Morgan fingerprint density at radius 1 is 1.25 bits per heavy atom. The predicted molar refractivity (Wildman–Crippen MR) is 68.4 cm³/mol. The van der Waals surface area contributed by atoms with Crippen LogP contribution in [0, 0.1) is 0 Å². The Kier molecular flexibility index (Phi) is 4.54. The van der Waals surface area contributed by atoms with Crippen LogP contribution in [0.2, 0.25) is 0 Å². The summed E-state index contributed by atoms with van der Waals surface area (Å²) in [6, 6.07) is 0. The van der Waals surface area contributed by atoms with Crippen LogP contribution >= 0.6 is 0 Å². The van der Waals surface area contributed by atoms with Crippen molar-refractivity contribution in [2.45, 2.75) is 65.3 Å². The number of H-pyrrole nitrogens is 1. The van der Waals surface area contributed by atoms with Crippen molar-refractivity contribution >= 4 is 0 Å². The molecule has 0 amide bonds. The van der Waals surface area contributed by atoms with Gasteiger partial charge in [0.25, 0.3) is 0 Å². The Morgan fingerprint density at radius 2 is 1.94 bits per heavy atom. The molecule has 0 fully saturated rings. The molecule has 0 aliphatic heterocycles. The van der Waals surface area contributed by atoms with Gasteiger partial charge < -0.3 is 10.7 Å². The van der Waals surface area contributed by atoms with Crippen LogP contribution in [0.3, 0.4) is 0 Å². The molecule has 0 aromatic carbocycles. The molecule has 0 saturated carbocycles. The van der Waals surface area contributed by atoms with Gasteiger partial charge in [0, 0.05) is 5.69 Å². The molecule has 0 spiro atoms. The number of nitrogens with one attached hydrogen (secondary N) is 1. The van der Waals surface area contributed by atoms with E-state index in [1.54, 1.807) is 0 Å². The SMILES string of the molecule is CCCc1[nH]c(C(C)(N)CCC)nc1CC. The first-order valence-electron chi connectivity index (χ1n) is 6.42. The monoisotopic (exact) mass is 223 g/mol. The van der Waals surface area contributed by atoms with Crippen molar-refractivity contribution in [3.8, 4) is 0 Å². The molecule has 1 atom stereocenters. The fourth-order valence-electron chi connectivity index (χ4n) is 2.10. The van der Waals surface area contributed by atoms with Crippen molar-refractivity contribution in [1.29, 1.82) is 0 Å². The summed E-state index contributed by atoms with van der Waals surface area (Å²) in [5.41, 5.74) is 8.43. The van der Waals surface area contributed by atoms with Gasteiger partial charge in [-0.1, -0.05) is 33.6 Å². The zero-order chi connectivity index (χ0) is 12.2. The zero-order valence-corrected chi connectivity index (χ0v) is 11.1. The molecule has 1 rings (SSSR count). The first kappa shape index (κ1) is 13.2. The maximum atomic E-state index is 6.29. The molecule has 0 radical (unpaired) electrons. The molecule has 3 N–H and O–H groups in total. The number of aromatic amines is 1. The van der Waals surface area contributed by atoms with Crippen molar-refractivity contribution in [3.63, 3.8) is 0 Å². The summed E-state index contributed by atoms with van der Waals surface area (Å²) >= 11 is 0. The minimum atomic E-state index is -0.315. The van der Waals surface area contributed by atoms with Gasteiger partial charge in [0.05, 0.1) is 11.2 Å². The van der Waals surface area contributed by atoms with Crippen molar-refractivity contribution in [2.24, 2.45) is 5.73 Å². The molecule has 1 unspecified atom stereocenters. The molecule has 0 bridgehead atoms. The minimum Gasteiger partial charge on any atom is -0.344 e. The number of nitrogens with two attached hydrogens (primary N) is 1. The normalized spacial score (nSPS) is 15.1. The lowest BCUT2D eigenvalue weighted by Gasteiger charge is -2.21. The molecule has 1 heterocycles. The number of aromatic nitrogens is 2. The van der Waals surface area contributed by atoms with E-state index in [1.807, 2.05) is 0 Å². The van der Waals surface area contributed by atoms with Gasteiger partial charge in [0.15, 0.2) is 0 Å².